The van der Waals surface area contributed by atoms with Gasteiger partial charge in [-0.2, -0.15) is 0 Å². The number of carbonyl (C=O) groups excluding carboxylic acids is 2. The van der Waals surface area contributed by atoms with Gasteiger partial charge in [-0.1, -0.05) is 18.2 Å². The fourth-order valence-corrected chi connectivity index (χ4v) is 4.60. The van der Waals surface area contributed by atoms with E-state index < -0.39 is 5.60 Å². The average Bonchev–Trinajstić information content (AvgIpc) is 2.87. The van der Waals surface area contributed by atoms with Crippen molar-refractivity contribution in [3.8, 4) is 5.75 Å². The van der Waals surface area contributed by atoms with Gasteiger partial charge in [-0.3, -0.25) is 4.79 Å². The Morgan fingerprint density at radius 3 is 2.42 bits per heavy atom. The van der Waals surface area contributed by atoms with Gasteiger partial charge in [0, 0.05) is 38.8 Å². The summed E-state index contributed by atoms with van der Waals surface area (Å²) < 4.78 is 16.8. The Bertz CT molecular complexity index is 867. The number of piperidine rings is 1. The Kier molecular flexibility index (Phi) is 10.7. The monoisotopic (exact) mass is 500 g/mol. The molecular weight excluding hydrogens is 456 g/mol. The normalized spacial score (nSPS) is 18.9. The number of hydrogen-bond acceptors (Lipinski definition) is 5. The van der Waals surface area contributed by atoms with Gasteiger partial charge in [0.05, 0.1) is 6.61 Å². The molecule has 0 spiro atoms. The maximum atomic E-state index is 12.4. The summed E-state index contributed by atoms with van der Waals surface area (Å²) in [4.78, 5) is 26.4. The minimum Gasteiger partial charge on any atom is -0.493 e. The lowest BCUT2D eigenvalue weighted by atomic mass is 9.86. The van der Waals surface area contributed by atoms with Crippen molar-refractivity contribution >= 4 is 17.6 Å². The molecule has 0 aromatic heterocycles. The summed E-state index contributed by atoms with van der Waals surface area (Å²) in [6.07, 6.45) is 7.26. The Labute approximate surface area is 216 Å². The number of nitrogens with zero attached hydrogens (tertiary/aromatic N) is 1. The molecule has 1 aliphatic heterocycles. The van der Waals surface area contributed by atoms with Gasteiger partial charge in [0.25, 0.3) is 0 Å². The van der Waals surface area contributed by atoms with Gasteiger partial charge >= 0.3 is 6.09 Å². The summed E-state index contributed by atoms with van der Waals surface area (Å²) in [5, 5.41) is 3.04. The number of nitrogens with one attached hydrogen (secondary N) is 1. The van der Waals surface area contributed by atoms with Crippen LogP contribution in [0.15, 0.2) is 30.3 Å². The van der Waals surface area contributed by atoms with Gasteiger partial charge in [-0.25, -0.2) is 4.79 Å². The summed E-state index contributed by atoms with van der Waals surface area (Å²) in [6, 6.07) is 8.28. The van der Waals surface area contributed by atoms with Crippen molar-refractivity contribution in [2.45, 2.75) is 71.8 Å². The molecule has 1 atom stereocenters. The second kappa shape index (κ2) is 13.7. The molecule has 1 aromatic rings. The van der Waals surface area contributed by atoms with Crippen LogP contribution in [0.2, 0.25) is 0 Å². The van der Waals surface area contributed by atoms with E-state index in [1.165, 1.54) is 11.1 Å². The van der Waals surface area contributed by atoms with Crippen molar-refractivity contribution in [1.29, 1.82) is 0 Å². The maximum absolute atomic E-state index is 12.4. The Morgan fingerprint density at radius 2 is 1.81 bits per heavy atom. The summed E-state index contributed by atoms with van der Waals surface area (Å²) in [5.74, 6) is 1.52. The molecule has 2 aliphatic rings. The molecule has 1 unspecified atom stereocenters. The van der Waals surface area contributed by atoms with Crippen LogP contribution < -0.4 is 10.1 Å². The van der Waals surface area contributed by atoms with Gasteiger partial charge in [0.1, 0.15) is 11.4 Å². The van der Waals surface area contributed by atoms with Crippen molar-refractivity contribution < 1.29 is 23.8 Å². The topological polar surface area (TPSA) is 77.1 Å². The quantitative estimate of drug-likeness (QED) is 0.433. The molecule has 1 heterocycles. The Morgan fingerprint density at radius 1 is 1.08 bits per heavy atom. The maximum Gasteiger partial charge on any atom is 0.410 e. The highest BCUT2D eigenvalue weighted by molar-refractivity contribution is 5.80. The summed E-state index contributed by atoms with van der Waals surface area (Å²) >= 11 is 0. The van der Waals surface area contributed by atoms with Crippen LogP contribution in [-0.2, 0) is 14.3 Å². The number of amides is 2. The van der Waals surface area contributed by atoms with Gasteiger partial charge in [0.2, 0.25) is 5.91 Å². The van der Waals surface area contributed by atoms with Gasteiger partial charge in [-0.05, 0) is 95.4 Å². The second-order valence-electron chi connectivity index (χ2n) is 10.8. The first-order valence-corrected chi connectivity index (χ1v) is 13.5. The molecule has 1 fully saturated rings. The summed E-state index contributed by atoms with van der Waals surface area (Å²) in [6.45, 7) is 11.8. The molecule has 1 saturated heterocycles. The molecule has 7 nitrogen and oxygen atoms in total. The van der Waals surface area contributed by atoms with Crippen LogP contribution in [0.3, 0.4) is 0 Å². The van der Waals surface area contributed by atoms with Gasteiger partial charge in [-0.15, -0.1) is 0 Å². The van der Waals surface area contributed by atoms with E-state index in [4.69, 9.17) is 14.2 Å². The first-order valence-electron chi connectivity index (χ1n) is 13.5. The van der Waals surface area contributed by atoms with Crippen molar-refractivity contribution in [1.82, 2.24) is 10.2 Å². The molecular formula is C29H44N2O5. The number of ether oxygens (including phenoxy) is 3. The predicted octanol–water partition coefficient (Wildman–Crippen LogP) is 5.44. The molecule has 36 heavy (non-hydrogen) atoms. The lowest BCUT2D eigenvalue weighted by Crippen LogP contribution is -2.42. The zero-order chi connectivity index (χ0) is 26.0. The number of hydrogen-bond donors (Lipinski definition) is 1. The molecule has 1 aromatic carbocycles. The highest BCUT2D eigenvalue weighted by atomic mass is 16.6. The second-order valence-corrected chi connectivity index (χ2v) is 10.8. The number of carbonyl (C=O) groups is 2. The molecule has 3 rings (SSSR count). The minimum atomic E-state index is -0.461. The third-order valence-electron chi connectivity index (χ3n) is 6.73. The molecule has 1 N–H and O–H groups in total. The molecule has 0 saturated carbocycles. The van der Waals surface area contributed by atoms with Crippen LogP contribution in [0.25, 0.3) is 5.57 Å². The van der Waals surface area contributed by atoms with Crippen LogP contribution in [0.4, 0.5) is 4.79 Å². The number of allylic oxidation sites excluding steroid dienone is 2. The zero-order valence-electron chi connectivity index (χ0n) is 22.5. The third-order valence-corrected chi connectivity index (χ3v) is 6.73. The zero-order valence-corrected chi connectivity index (χ0v) is 22.5. The van der Waals surface area contributed by atoms with E-state index in [9.17, 15) is 9.59 Å². The van der Waals surface area contributed by atoms with E-state index in [-0.39, 0.29) is 17.9 Å². The number of rotatable bonds is 10. The van der Waals surface area contributed by atoms with E-state index in [1.54, 1.807) is 4.90 Å². The highest BCUT2D eigenvalue weighted by Gasteiger charge is 2.27. The third kappa shape index (κ3) is 9.16. The lowest BCUT2D eigenvalue weighted by molar-refractivity contribution is -0.125. The van der Waals surface area contributed by atoms with Crippen LogP contribution in [0.5, 0.6) is 5.75 Å². The molecule has 200 valence electrons. The first kappa shape index (κ1) is 28.0. The van der Waals surface area contributed by atoms with Gasteiger partial charge in [0.15, 0.2) is 0 Å². The van der Waals surface area contributed by atoms with E-state index >= 15 is 0 Å². The molecule has 2 amide bonds. The molecule has 0 bridgehead atoms. The SMILES string of the molecule is CCOCCCNC(=O)C1CC=C(c2ccc(OCC3CCN(C(=O)OC(C)(C)C)CC3)cc2)CC1. The first-order chi connectivity index (χ1) is 17.2. The lowest BCUT2D eigenvalue weighted by Gasteiger charge is -2.33. The molecule has 1 aliphatic carbocycles. The Balaban J connectivity index is 1.37. The van der Waals surface area contributed by atoms with Crippen molar-refractivity contribution in [3.63, 3.8) is 0 Å². The Hall–Kier alpha value is -2.54. The van der Waals surface area contributed by atoms with E-state index in [0.29, 0.717) is 45.4 Å². The van der Waals surface area contributed by atoms with E-state index in [0.717, 1.165) is 44.3 Å². The average molecular weight is 501 g/mol. The summed E-state index contributed by atoms with van der Waals surface area (Å²) in [7, 11) is 0. The molecule has 7 heteroatoms. The van der Waals surface area contributed by atoms with Crippen molar-refractivity contribution in [3.05, 3.63) is 35.9 Å². The van der Waals surface area contributed by atoms with Crippen LogP contribution in [0, 0.1) is 11.8 Å². The fraction of sp³-hybridized carbons (Fsp3) is 0.655. The number of likely N-dealkylation sites (tertiary alicyclic amines) is 1. The van der Waals surface area contributed by atoms with E-state index in [2.05, 4.69) is 23.5 Å². The van der Waals surface area contributed by atoms with E-state index in [1.807, 2.05) is 39.8 Å². The summed E-state index contributed by atoms with van der Waals surface area (Å²) in [5.41, 5.74) is 2.04. The van der Waals surface area contributed by atoms with Crippen molar-refractivity contribution in [2.24, 2.45) is 11.8 Å². The minimum absolute atomic E-state index is 0.0604. The van der Waals surface area contributed by atoms with Crippen LogP contribution in [-0.4, -0.2) is 62.0 Å². The molecule has 0 radical (unpaired) electrons. The van der Waals surface area contributed by atoms with Crippen LogP contribution in [0.1, 0.15) is 71.8 Å². The predicted molar refractivity (Wildman–Crippen MR) is 142 cm³/mol. The number of benzene rings is 1. The van der Waals surface area contributed by atoms with Crippen molar-refractivity contribution in [2.75, 3.05) is 39.5 Å². The fourth-order valence-electron chi connectivity index (χ4n) is 4.60. The highest BCUT2D eigenvalue weighted by Crippen LogP contribution is 2.31. The van der Waals surface area contributed by atoms with Crippen LogP contribution >= 0.6 is 0 Å². The largest absolute Gasteiger partial charge is 0.493 e. The standard InChI is InChI=1S/C29H44N2O5/c1-5-34-20-6-17-30-27(32)25-9-7-23(8-10-25)24-11-13-26(14-12-24)35-21-22-15-18-31(19-16-22)28(33)36-29(2,3)4/h7,11-14,22,25H,5-6,8-10,15-21H2,1-4H3,(H,30,32). The smallest absolute Gasteiger partial charge is 0.410 e. The van der Waals surface area contributed by atoms with Gasteiger partial charge < -0.3 is 24.4 Å².